The van der Waals surface area contributed by atoms with E-state index in [-0.39, 0.29) is 0 Å². The van der Waals surface area contributed by atoms with Crippen molar-refractivity contribution in [2.24, 2.45) is 4.99 Å². The van der Waals surface area contributed by atoms with Crippen molar-refractivity contribution in [2.45, 2.75) is 26.2 Å². The van der Waals surface area contributed by atoms with Crippen molar-refractivity contribution in [3.63, 3.8) is 0 Å². The first-order valence-electron chi connectivity index (χ1n) is 6.27. The fraction of sp³-hybridized carbons (Fsp3) is 0.267. The van der Waals surface area contributed by atoms with Crippen molar-refractivity contribution in [1.29, 1.82) is 0 Å². The molecule has 0 saturated carbocycles. The zero-order chi connectivity index (χ0) is 13.7. The Labute approximate surface area is 135 Å². The molecule has 0 radical (unpaired) electrons. The molecule has 0 N–H and O–H groups in total. The van der Waals surface area contributed by atoms with E-state index < -0.39 is 0 Å². The lowest BCUT2D eigenvalue weighted by atomic mass is 10.1. The number of unbranched alkanes of at least 4 members (excludes halogenated alkanes) is 1. The second-order valence-electron chi connectivity index (χ2n) is 4.30. The molecule has 0 fully saturated rings. The van der Waals surface area contributed by atoms with E-state index in [2.05, 4.69) is 62.6 Å². The molecule has 0 amide bonds. The van der Waals surface area contributed by atoms with Crippen molar-refractivity contribution in [1.82, 2.24) is 0 Å². The van der Waals surface area contributed by atoms with Gasteiger partial charge < -0.3 is 4.42 Å². The molecule has 0 bridgehead atoms. The Kier molecular flexibility index (Phi) is 5.63. The van der Waals surface area contributed by atoms with Gasteiger partial charge in [-0.1, -0.05) is 25.5 Å². The van der Waals surface area contributed by atoms with Gasteiger partial charge in [-0.05, 0) is 46.5 Å². The summed E-state index contributed by atoms with van der Waals surface area (Å²) in [6, 6.07) is 10.3. The predicted molar refractivity (Wildman–Crippen MR) is 91.4 cm³/mol. The van der Waals surface area contributed by atoms with Crippen LogP contribution in [0.25, 0.3) is 0 Å². The minimum absolute atomic E-state index is 0.756. The summed E-state index contributed by atoms with van der Waals surface area (Å²) < 4.78 is 7.31. The van der Waals surface area contributed by atoms with Crippen LogP contribution in [0.4, 0.5) is 5.69 Å². The van der Waals surface area contributed by atoms with Crippen LogP contribution in [0.2, 0.25) is 0 Å². The van der Waals surface area contributed by atoms with E-state index in [9.17, 15) is 0 Å². The third-order valence-electron chi connectivity index (χ3n) is 2.76. The fourth-order valence-electron chi connectivity index (χ4n) is 1.69. The van der Waals surface area contributed by atoms with Crippen LogP contribution < -0.4 is 0 Å². The molecule has 0 saturated heterocycles. The third kappa shape index (κ3) is 4.45. The zero-order valence-corrected chi connectivity index (χ0v) is 14.4. The highest BCUT2D eigenvalue weighted by atomic mass is 127. The van der Waals surface area contributed by atoms with Gasteiger partial charge in [-0.25, -0.2) is 0 Å². The molecule has 2 nitrogen and oxygen atoms in total. The summed E-state index contributed by atoms with van der Waals surface area (Å²) in [6.45, 7) is 2.21. The van der Waals surface area contributed by atoms with E-state index in [0.717, 1.165) is 26.1 Å². The molecule has 0 atom stereocenters. The minimum atomic E-state index is 0.756. The molecule has 2 aromatic rings. The summed E-state index contributed by atoms with van der Waals surface area (Å²) in [5.74, 6) is 0.756. The molecule has 100 valence electrons. The SMILES string of the molecule is CCCCc1ccc(N=Cc2cc(Br)c(I)o2)cc1. The second-order valence-corrected chi connectivity index (χ2v) is 6.13. The number of aliphatic imine (C=N–C) groups is 1. The number of halogens is 2. The summed E-state index contributed by atoms with van der Waals surface area (Å²) in [5, 5.41) is 0. The summed E-state index contributed by atoms with van der Waals surface area (Å²) in [5.41, 5.74) is 2.32. The van der Waals surface area contributed by atoms with Crippen molar-refractivity contribution < 1.29 is 4.42 Å². The maximum atomic E-state index is 5.50. The Morgan fingerprint density at radius 2 is 2.05 bits per heavy atom. The zero-order valence-electron chi connectivity index (χ0n) is 10.7. The Morgan fingerprint density at radius 3 is 2.63 bits per heavy atom. The number of nitrogens with zero attached hydrogens (tertiary/aromatic N) is 1. The largest absolute Gasteiger partial charge is 0.448 e. The lowest BCUT2D eigenvalue weighted by Crippen LogP contribution is -1.83. The van der Waals surface area contributed by atoms with Crippen molar-refractivity contribution in [2.75, 3.05) is 0 Å². The Hall–Kier alpha value is -0.620. The molecule has 1 aromatic carbocycles. The average molecular weight is 432 g/mol. The van der Waals surface area contributed by atoms with Crippen molar-refractivity contribution in [3.05, 3.63) is 49.9 Å². The standard InChI is InChI=1S/C15H15BrINO/c1-2-3-4-11-5-7-12(8-6-11)18-10-13-9-14(16)15(17)19-13/h5-10H,2-4H2,1H3. The molecular formula is C15H15BrINO. The summed E-state index contributed by atoms with van der Waals surface area (Å²) in [7, 11) is 0. The van der Waals surface area contributed by atoms with Crippen LogP contribution in [0.15, 0.2) is 44.2 Å². The van der Waals surface area contributed by atoms with Crippen LogP contribution in [0.1, 0.15) is 31.1 Å². The topological polar surface area (TPSA) is 25.5 Å². The van der Waals surface area contributed by atoms with Gasteiger partial charge >= 0.3 is 0 Å². The van der Waals surface area contributed by atoms with Crippen LogP contribution in [0, 0.1) is 3.77 Å². The molecule has 2 rings (SSSR count). The van der Waals surface area contributed by atoms with E-state index >= 15 is 0 Å². The summed E-state index contributed by atoms with van der Waals surface area (Å²) in [6.07, 6.45) is 5.35. The first-order chi connectivity index (χ1) is 9.19. The lowest BCUT2D eigenvalue weighted by molar-refractivity contribution is 0.530. The van der Waals surface area contributed by atoms with Crippen LogP contribution in [-0.4, -0.2) is 6.21 Å². The molecule has 0 unspecified atom stereocenters. The van der Waals surface area contributed by atoms with Crippen molar-refractivity contribution in [3.8, 4) is 0 Å². The molecular weight excluding hydrogens is 417 g/mol. The number of benzene rings is 1. The van der Waals surface area contributed by atoms with E-state index in [1.165, 1.54) is 18.4 Å². The van der Waals surface area contributed by atoms with Gasteiger partial charge in [0.25, 0.3) is 0 Å². The highest BCUT2D eigenvalue weighted by Crippen LogP contribution is 2.22. The van der Waals surface area contributed by atoms with Crippen LogP contribution >= 0.6 is 38.5 Å². The third-order valence-corrected chi connectivity index (χ3v) is 4.89. The number of hydrogen-bond donors (Lipinski definition) is 0. The van der Waals surface area contributed by atoms with Crippen molar-refractivity contribution >= 4 is 50.4 Å². The smallest absolute Gasteiger partial charge is 0.178 e. The van der Waals surface area contributed by atoms with Gasteiger partial charge in [0.2, 0.25) is 0 Å². The second kappa shape index (κ2) is 7.24. The summed E-state index contributed by atoms with van der Waals surface area (Å²) >= 11 is 5.55. The number of rotatable bonds is 5. The normalized spacial score (nSPS) is 11.3. The predicted octanol–water partition coefficient (Wildman–Crippen LogP) is 5.74. The number of furan rings is 1. The summed E-state index contributed by atoms with van der Waals surface area (Å²) in [4.78, 5) is 4.41. The first-order valence-corrected chi connectivity index (χ1v) is 8.14. The maximum absolute atomic E-state index is 5.50. The molecule has 0 aliphatic heterocycles. The van der Waals surface area contributed by atoms with Gasteiger partial charge in [0.05, 0.1) is 16.4 Å². The van der Waals surface area contributed by atoms with Gasteiger partial charge in [-0.2, -0.15) is 0 Å². The quantitative estimate of drug-likeness (QED) is 0.437. The van der Waals surface area contributed by atoms with Crippen LogP contribution in [-0.2, 0) is 6.42 Å². The van der Waals surface area contributed by atoms with Gasteiger partial charge in [-0.15, -0.1) is 0 Å². The molecule has 1 aromatic heterocycles. The lowest BCUT2D eigenvalue weighted by Gasteiger charge is -1.99. The fourth-order valence-corrected chi connectivity index (χ4v) is 2.41. The Bertz CT molecular complexity index is 541. The van der Waals surface area contributed by atoms with Crippen LogP contribution in [0.5, 0.6) is 0 Å². The first kappa shape index (κ1) is 14.8. The Morgan fingerprint density at radius 1 is 1.32 bits per heavy atom. The van der Waals surface area contributed by atoms with E-state index in [4.69, 9.17) is 4.42 Å². The van der Waals surface area contributed by atoms with E-state index in [1.54, 1.807) is 6.21 Å². The monoisotopic (exact) mass is 431 g/mol. The number of aryl methyl sites for hydroxylation is 1. The molecule has 0 aliphatic rings. The van der Waals surface area contributed by atoms with Crippen LogP contribution in [0.3, 0.4) is 0 Å². The highest BCUT2D eigenvalue weighted by molar-refractivity contribution is 14.1. The number of hydrogen-bond acceptors (Lipinski definition) is 2. The van der Waals surface area contributed by atoms with Gasteiger partial charge in [0, 0.05) is 28.7 Å². The van der Waals surface area contributed by atoms with Gasteiger partial charge in [0.15, 0.2) is 3.77 Å². The van der Waals surface area contributed by atoms with E-state index in [0.29, 0.717) is 0 Å². The molecule has 0 spiro atoms. The molecule has 1 heterocycles. The average Bonchev–Trinajstić information content (AvgIpc) is 2.74. The molecule has 19 heavy (non-hydrogen) atoms. The molecule has 4 heteroatoms. The Balaban J connectivity index is 2.02. The highest BCUT2D eigenvalue weighted by Gasteiger charge is 2.03. The maximum Gasteiger partial charge on any atom is 0.178 e. The van der Waals surface area contributed by atoms with Gasteiger partial charge in [0.1, 0.15) is 5.76 Å². The minimum Gasteiger partial charge on any atom is -0.448 e. The van der Waals surface area contributed by atoms with Gasteiger partial charge in [-0.3, -0.25) is 4.99 Å². The molecule has 0 aliphatic carbocycles. The van der Waals surface area contributed by atoms with E-state index in [1.807, 2.05) is 18.2 Å².